The van der Waals surface area contributed by atoms with Crippen LogP contribution in [-0.4, -0.2) is 26.5 Å². The van der Waals surface area contributed by atoms with E-state index in [1.165, 1.54) is 61.7 Å². The quantitative estimate of drug-likeness (QED) is 0.210. The highest BCUT2D eigenvalue weighted by molar-refractivity contribution is 7.87. The van der Waals surface area contributed by atoms with Gasteiger partial charge in [0.05, 0.1) is 12.1 Å². The first-order valence-corrected chi connectivity index (χ1v) is 11.5. The molecule has 0 unspecified atom stereocenters. The van der Waals surface area contributed by atoms with Crippen LogP contribution < -0.4 is 14.2 Å². The predicted molar refractivity (Wildman–Crippen MR) is 127 cm³/mol. The molecule has 0 atom stereocenters. The number of methoxy groups -OCH3 is 1. The van der Waals surface area contributed by atoms with Crippen LogP contribution in [0.4, 0.5) is 5.69 Å². The SMILES string of the molecule is COc1cc(/C=C(\C#N)C(=O)Nc2ccc(O)cc2)cc(Cl)c1OS(=O)(=O)c1ccc(C)cc1. The number of aryl methyl sites for hydroxylation is 1. The van der Waals surface area contributed by atoms with Crippen molar-refractivity contribution in [2.75, 3.05) is 12.4 Å². The number of hydrogen-bond acceptors (Lipinski definition) is 7. The fourth-order valence-electron chi connectivity index (χ4n) is 2.83. The van der Waals surface area contributed by atoms with Gasteiger partial charge in [-0.3, -0.25) is 4.79 Å². The second kappa shape index (κ2) is 10.3. The van der Waals surface area contributed by atoms with Crippen molar-refractivity contribution in [3.05, 3.63) is 82.4 Å². The first kappa shape index (κ1) is 24.6. The van der Waals surface area contributed by atoms with Crippen molar-refractivity contribution in [3.8, 4) is 23.3 Å². The van der Waals surface area contributed by atoms with Crippen molar-refractivity contribution in [2.45, 2.75) is 11.8 Å². The first-order valence-electron chi connectivity index (χ1n) is 9.74. The Hall–Kier alpha value is -4.00. The van der Waals surface area contributed by atoms with Crippen molar-refractivity contribution in [3.63, 3.8) is 0 Å². The number of benzene rings is 3. The van der Waals surface area contributed by atoms with E-state index >= 15 is 0 Å². The van der Waals surface area contributed by atoms with Gasteiger partial charge in [0, 0.05) is 5.69 Å². The molecule has 0 heterocycles. The zero-order chi connectivity index (χ0) is 24.9. The maximum Gasteiger partial charge on any atom is 0.339 e. The molecule has 0 aromatic heterocycles. The summed E-state index contributed by atoms with van der Waals surface area (Å²) in [4.78, 5) is 12.4. The van der Waals surface area contributed by atoms with E-state index in [1.54, 1.807) is 18.2 Å². The summed E-state index contributed by atoms with van der Waals surface area (Å²) in [6.45, 7) is 1.82. The average molecular weight is 499 g/mol. The highest BCUT2D eigenvalue weighted by atomic mass is 35.5. The van der Waals surface area contributed by atoms with Crippen LogP contribution in [0.3, 0.4) is 0 Å². The molecule has 0 fully saturated rings. The number of anilines is 1. The van der Waals surface area contributed by atoms with Crippen LogP contribution >= 0.6 is 11.6 Å². The van der Waals surface area contributed by atoms with Crippen molar-refractivity contribution in [1.82, 2.24) is 0 Å². The van der Waals surface area contributed by atoms with Crippen molar-refractivity contribution >= 4 is 39.4 Å². The molecule has 0 saturated heterocycles. The Morgan fingerprint density at radius 3 is 2.35 bits per heavy atom. The summed E-state index contributed by atoms with van der Waals surface area (Å²) < 4.78 is 35.8. The Kier molecular flexibility index (Phi) is 7.46. The van der Waals surface area contributed by atoms with Gasteiger partial charge >= 0.3 is 10.1 Å². The number of nitriles is 1. The Labute approximate surface area is 201 Å². The molecule has 3 rings (SSSR count). The van der Waals surface area contributed by atoms with Gasteiger partial charge in [-0.15, -0.1) is 0 Å². The smallest absolute Gasteiger partial charge is 0.339 e. The zero-order valence-corrected chi connectivity index (χ0v) is 19.6. The second-order valence-electron chi connectivity index (χ2n) is 7.06. The molecule has 0 aliphatic rings. The minimum Gasteiger partial charge on any atom is -0.508 e. The van der Waals surface area contributed by atoms with Gasteiger partial charge < -0.3 is 19.3 Å². The molecule has 8 nitrogen and oxygen atoms in total. The Bertz CT molecular complexity index is 1390. The first-order chi connectivity index (χ1) is 16.1. The van der Waals surface area contributed by atoms with Crippen LogP contribution in [0.25, 0.3) is 6.08 Å². The number of halogens is 1. The normalized spacial score (nSPS) is 11.4. The molecule has 10 heteroatoms. The maximum atomic E-state index is 12.7. The molecule has 0 saturated carbocycles. The van der Waals surface area contributed by atoms with E-state index in [4.69, 9.17) is 20.5 Å². The third kappa shape index (κ3) is 5.86. The van der Waals surface area contributed by atoms with E-state index < -0.39 is 16.0 Å². The Morgan fingerprint density at radius 2 is 1.76 bits per heavy atom. The topological polar surface area (TPSA) is 126 Å². The van der Waals surface area contributed by atoms with E-state index in [2.05, 4.69) is 5.32 Å². The largest absolute Gasteiger partial charge is 0.508 e. The number of amides is 1. The summed E-state index contributed by atoms with van der Waals surface area (Å²) in [6, 6.07) is 16.4. The maximum absolute atomic E-state index is 12.7. The molecule has 3 aromatic carbocycles. The molecule has 34 heavy (non-hydrogen) atoms. The molecular formula is C24H19ClN2O6S. The number of phenolic OH excluding ortho intramolecular Hbond substituents is 1. The van der Waals surface area contributed by atoms with Gasteiger partial charge in [-0.05, 0) is 67.1 Å². The number of rotatable bonds is 7. The van der Waals surface area contributed by atoms with Crippen LogP contribution in [0.5, 0.6) is 17.2 Å². The summed E-state index contributed by atoms with van der Waals surface area (Å²) in [7, 11) is -2.89. The van der Waals surface area contributed by atoms with Crippen LogP contribution in [0.15, 0.2) is 71.1 Å². The van der Waals surface area contributed by atoms with Crippen LogP contribution in [0, 0.1) is 18.3 Å². The predicted octanol–water partition coefficient (Wildman–Crippen LogP) is 4.68. The van der Waals surface area contributed by atoms with E-state index in [1.807, 2.05) is 6.92 Å². The van der Waals surface area contributed by atoms with Crippen molar-refractivity contribution < 1.29 is 27.2 Å². The zero-order valence-electron chi connectivity index (χ0n) is 18.1. The number of nitrogens with zero attached hydrogens (tertiary/aromatic N) is 1. The van der Waals surface area contributed by atoms with Gasteiger partial charge in [0.2, 0.25) is 5.75 Å². The summed E-state index contributed by atoms with van der Waals surface area (Å²) in [5.41, 5.74) is 1.32. The van der Waals surface area contributed by atoms with Crippen molar-refractivity contribution in [1.29, 1.82) is 5.26 Å². The minimum absolute atomic E-state index is 0.00864. The number of nitrogens with one attached hydrogen (secondary N) is 1. The number of hydrogen-bond donors (Lipinski definition) is 2. The van der Waals surface area contributed by atoms with Crippen LogP contribution in [0.1, 0.15) is 11.1 Å². The standard InChI is InChI=1S/C24H19ClN2O6S/c1-15-3-9-20(10-4-15)34(30,31)33-23-21(25)12-16(13-22(23)32-2)11-17(14-26)24(29)27-18-5-7-19(28)8-6-18/h3-13,28H,1-2H3,(H,27,29)/b17-11+. The highest BCUT2D eigenvalue weighted by Gasteiger charge is 2.22. The lowest BCUT2D eigenvalue weighted by atomic mass is 10.1. The van der Waals surface area contributed by atoms with Crippen LogP contribution in [-0.2, 0) is 14.9 Å². The summed E-state index contributed by atoms with van der Waals surface area (Å²) in [6.07, 6.45) is 1.27. The molecule has 2 N–H and O–H groups in total. The van der Waals surface area contributed by atoms with Gasteiger partial charge in [0.15, 0.2) is 5.75 Å². The number of carbonyl (C=O) groups is 1. The van der Waals surface area contributed by atoms with Gasteiger partial charge in [-0.1, -0.05) is 29.3 Å². The molecule has 3 aromatic rings. The molecule has 0 aliphatic carbocycles. The minimum atomic E-state index is -4.19. The highest BCUT2D eigenvalue weighted by Crippen LogP contribution is 2.39. The van der Waals surface area contributed by atoms with E-state index in [0.29, 0.717) is 11.3 Å². The molecule has 174 valence electrons. The molecular weight excluding hydrogens is 480 g/mol. The lowest BCUT2D eigenvalue weighted by Gasteiger charge is -2.13. The summed E-state index contributed by atoms with van der Waals surface area (Å²) >= 11 is 6.28. The molecule has 0 aliphatic heterocycles. The third-order valence-electron chi connectivity index (χ3n) is 4.56. The molecule has 0 spiro atoms. The van der Waals surface area contributed by atoms with Gasteiger partial charge in [0.25, 0.3) is 5.91 Å². The fraction of sp³-hybridized carbons (Fsp3) is 0.0833. The molecule has 0 bridgehead atoms. The molecule has 0 radical (unpaired) electrons. The lowest BCUT2D eigenvalue weighted by molar-refractivity contribution is -0.112. The van der Waals surface area contributed by atoms with Gasteiger partial charge in [0.1, 0.15) is 22.3 Å². The average Bonchev–Trinajstić information content (AvgIpc) is 2.80. The Morgan fingerprint density at radius 1 is 1.12 bits per heavy atom. The van der Waals surface area contributed by atoms with Gasteiger partial charge in [-0.2, -0.15) is 13.7 Å². The molecule has 1 amide bonds. The number of carbonyl (C=O) groups excluding carboxylic acids is 1. The Balaban J connectivity index is 1.90. The monoisotopic (exact) mass is 498 g/mol. The number of aromatic hydroxyl groups is 1. The van der Waals surface area contributed by atoms with E-state index in [9.17, 15) is 23.6 Å². The van der Waals surface area contributed by atoms with E-state index in [-0.39, 0.29) is 32.7 Å². The summed E-state index contributed by atoms with van der Waals surface area (Å²) in [5, 5.41) is 21.2. The second-order valence-corrected chi connectivity index (χ2v) is 9.01. The number of phenols is 1. The van der Waals surface area contributed by atoms with Gasteiger partial charge in [-0.25, -0.2) is 0 Å². The summed E-state index contributed by atoms with van der Waals surface area (Å²) in [5.74, 6) is -0.896. The van der Waals surface area contributed by atoms with Crippen LogP contribution in [0.2, 0.25) is 5.02 Å². The van der Waals surface area contributed by atoms with Crippen molar-refractivity contribution in [2.24, 2.45) is 0 Å². The van der Waals surface area contributed by atoms with E-state index in [0.717, 1.165) is 5.56 Å². The number of ether oxygens (including phenoxy) is 1. The fourth-order valence-corrected chi connectivity index (χ4v) is 4.09. The lowest BCUT2D eigenvalue weighted by Crippen LogP contribution is -2.13. The third-order valence-corrected chi connectivity index (χ3v) is 6.07.